The van der Waals surface area contributed by atoms with Crippen molar-refractivity contribution in [3.63, 3.8) is 0 Å². The van der Waals surface area contributed by atoms with Gasteiger partial charge in [0.05, 0.1) is 11.6 Å². The van der Waals surface area contributed by atoms with E-state index < -0.39 is 0 Å². The minimum Gasteiger partial charge on any atom is -0.456 e. The predicted octanol–water partition coefficient (Wildman–Crippen LogP) is 11.6. The summed E-state index contributed by atoms with van der Waals surface area (Å²) in [6.07, 6.45) is 0. The van der Waals surface area contributed by atoms with E-state index in [0.29, 0.717) is 23.0 Å². The van der Waals surface area contributed by atoms with Crippen LogP contribution < -0.4 is 0 Å². The smallest absolute Gasteiger partial charge is 0.164 e. The third kappa shape index (κ3) is 5.61. The Hall–Kier alpha value is -7.16. The number of furan rings is 1. The maximum Gasteiger partial charge on any atom is 0.164 e. The molecule has 9 rings (SSSR count). The summed E-state index contributed by atoms with van der Waals surface area (Å²) < 4.78 is 6.46. The minimum atomic E-state index is 0.536. The molecule has 0 bridgehead atoms. The van der Waals surface area contributed by atoms with Gasteiger partial charge in [-0.1, -0.05) is 140 Å². The highest BCUT2D eigenvalue weighted by Gasteiger charge is 2.18. The molecular formula is C46H28N4O. The Kier molecular flexibility index (Phi) is 7.46. The van der Waals surface area contributed by atoms with Crippen molar-refractivity contribution < 1.29 is 4.42 Å². The van der Waals surface area contributed by atoms with Gasteiger partial charge >= 0.3 is 0 Å². The van der Waals surface area contributed by atoms with Gasteiger partial charge in [0.15, 0.2) is 17.5 Å². The lowest BCUT2D eigenvalue weighted by Gasteiger charge is -2.12. The van der Waals surface area contributed by atoms with Crippen LogP contribution in [0, 0.1) is 11.3 Å². The lowest BCUT2D eigenvalue weighted by molar-refractivity contribution is 0.669. The molecule has 7 aromatic carbocycles. The Balaban J connectivity index is 1.21. The SMILES string of the molecule is N#Cc1cccc(-c2ccccc2-c2nc(-c3ccc(-c4ccccc4)cc3)nc(-c3ccc4c(c3)oc3cccc(-c5ccccc5)c34)n2)c1. The fourth-order valence-electron chi connectivity index (χ4n) is 6.71. The third-order valence-corrected chi connectivity index (χ3v) is 9.20. The normalized spacial score (nSPS) is 11.1. The summed E-state index contributed by atoms with van der Waals surface area (Å²) in [5.41, 5.74) is 11.1. The van der Waals surface area contributed by atoms with E-state index in [1.54, 1.807) is 6.07 Å². The van der Waals surface area contributed by atoms with Crippen LogP contribution in [0.3, 0.4) is 0 Å². The number of benzene rings is 7. The lowest BCUT2D eigenvalue weighted by atomic mass is 9.97. The van der Waals surface area contributed by atoms with Gasteiger partial charge < -0.3 is 4.42 Å². The van der Waals surface area contributed by atoms with Crippen molar-refractivity contribution in [3.8, 4) is 73.6 Å². The van der Waals surface area contributed by atoms with Crippen LogP contribution in [-0.2, 0) is 0 Å². The second kappa shape index (κ2) is 12.7. The first-order valence-corrected chi connectivity index (χ1v) is 16.7. The van der Waals surface area contributed by atoms with Gasteiger partial charge in [0, 0.05) is 27.5 Å². The Labute approximate surface area is 294 Å². The minimum absolute atomic E-state index is 0.536. The van der Waals surface area contributed by atoms with Crippen LogP contribution in [0.15, 0.2) is 174 Å². The van der Waals surface area contributed by atoms with E-state index in [4.69, 9.17) is 19.4 Å². The van der Waals surface area contributed by atoms with Gasteiger partial charge in [-0.05, 0) is 63.7 Å². The standard InChI is InChI=1S/C46H28N4O/c47-29-30-11-9-16-35(27-30)37-17-7-8-18-39(37)46-49-44(34-23-21-32(22-24-34)31-12-3-1-4-13-31)48-45(50-46)36-25-26-40-42(28-36)51-41-20-10-19-38(43(40)41)33-14-5-2-6-15-33/h1-28H. The molecule has 0 fully saturated rings. The summed E-state index contributed by atoms with van der Waals surface area (Å²) in [4.78, 5) is 15.2. The molecule has 0 radical (unpaired) electrons. The second-order valence-electron chi connectivity index (χ2n) is 12.3. The molecule has 2 heterocycles. The molecule has 0 saturated carbocycles. The van der Waals surface area contributed by atoms with Crippen LogP contribution in [-0.4, -0.2) is 15.0 Å². The molecule has 0 saturated heterocycles. The van der Waals surface area contributed by atoms with E-state index in [1.807, 2.05) is 84.9 Å². The molecule has 0 aliphatic rings. The molecule has 238 valence electrons. The van der Waals surface area contributed by atoms with Gasteiger partial charge in [0.25, 0.3) is 0 Å². The molecule has 0 aliphatic carbocycles. The van der Waals surface area contributed by atoms with E-state index in [0.717, 1.165) is 72.0 Å². The van der Waals surface area contributed by atoms with Crippen LogP contribution in [0.5, 0.6) is 0 Å². The van der Waals surface area contributed by atoms with E-state index in [-0.39, 0.29) is 0 Å². The zero-order valence-electron chi connectivity index (χ0n) is 27.4. The van der Waals surface area contributed by atoms with E-state index in [1.165, 1.54) is 0 Å². The molecule has 0 spiro atoms. The van der Waals surface area contributed by atoms with Crippen molar-refractivity contribution in [2.24, 2.45) is 0 Å². The number of fused-ring (bicyclic) bond motifs is 3. The van der Waals surface area contributed by atoms with Crippen molar-refractivity contribution in [1.29, 1.82) is 5.26 Å². The second-order valence-corrected chi connectivity index (χ2v) is 12.3. The fraction of sp³-hybridized carbons (Fsp3) is 0. The van der Waals surface area contributed by atoms with Gasteiger partial charge in [-0.2, -0.15) is 5.26 Å². The highest BCUT2D eigenvalue weighted by Crippen LogP contribution is 2.39. The quantitative estimate of drug-likeness (QED) is 0.179. The Bertz CT molecular complexity index is 2750. The van der Waals surface area contributed by atoms with E-state index in [2.05, 4.69) is 84.9 Å². The van der Waals surface area contributed by atoms with Crippen LogP contribution in [0.2, 0.25) is 0 Å². The summed E-state index contributed by atoms with van der Waals surface area (Å²) in [5, 5.41) is 11.7. The first kappa shape index (κ1) is 29.9. The summed E-state index contributed by atoms with van der Waals surface area (Å²) in [6.45, 7) is 0. The van der Waals surface area contributed by atoms with Crippen LogP contribution in [0.4, 0.5) is 0 Å². The molecule has 9 aromatic rings. The maximum atomic E-state index is 9.62. The molecule has 5 heteroatoms. The zero-order chi connectivity index (χ0) is 34.1. The molecular weight excluding hydrogens is 625 g/mol. The van der Waals surface area contributed by atoms with Crippen molar-refractivity contribution in [2.75, 3.05) is 0 Å². The van der Waals surface area contributed by atoms with E-state index >= 15 is 0 Å². The number of hydrogen-bond acceptors (Lipinski definition) is 5. The van der Waals surface area contributed by atoms with Gasteiger partial charge in [0.2, 0.25) is 0 Å². The van der Waals surface area contributed by atoms with Crippen LogP contribution >= 0.6 is 0 Å². The molecule has 5 nitrogen and oxygen atoms in total. The van der Waals surface area contributed by atoms with Gasteiger partial charge in [0.1, 0.15) is 11.2 Å². The summed E-state index contributed by atoms with van der Waals surface area (Å²) in [7, 11) is 0. The highest BCUT2D eigenvalue weighted by molar-refractivity contribution is 6.13. The third-order valence-electron chi connectivity index (χ3n) is 9.20. The van der Waals surface area contributed by atoms with Crippen molar-refractivity contribution in [1.82, 2.24) is 15.0 Å². The molecule has 0 atom stereocenters. The zero-order valence-corrected chi connectivity index (χ0v) is 27.4. The molecule has 0 amide bonds. The summed E-state index contributed by atoms with van der Waals surface area (Å²) >= 11 is 0. The van der Waals surface area contributed by atoms with Crippen molar-refractivity contribution >= 4 is 21.9 Å². The number of nitrogens with zero attached hydrogens (tertiary/aromatic N) is 4. The number of nitriles is 1. The first-order valence-electron chi connectivity index (χ1n) is 16.7. The largest absolute Gasteiger partial charge is 0.456 e. The van der Waals surface area contributed by atoms with Crippen molar-refractivity contribution in [2.45, 2.75) is 0 Å². The predicted molar refractivity (Wildman–Crippen MR) is 204 cm³/mol. The topological polar surface area (TPSA) is 75.6 Å². The monoisotopic (exact) mass is 652 g/mol. The number of rotatable bonds is 6. The Morgan fingerprint density at radius 3 is 1.73 bits per heavy atom. The van der Waals surface area contributed by atoms with Crippen molar-refractivity contribution in [3.05, 3.63) is 175 Å². The fourth-order valence-corrected chi connectivity index (χ4v) is 6.71. The van der Waals surface area contributed by atoms with Gasteiger partial charge in [-0.15, -0.1) is 0 Å². The molecule has 0 N–H and O–H groups in total. The number of aromatic nitrogens is 3. The average Bonchev–Trinajstić information content (AvgIpc) is 3.60. The first-order chi connectivity index (χ1) is 25.2. The van der Waals surface area contributed by atoms with Gasteiger partial charge in [-0.3, -0.25) is 0 Å². The van der Waals surface area contributed by atoms with E-state index in [9.17, 15) is 5.26 Å². The highest BCUT2D eigenvalue weighted by atomic mass is 16.3. The Morgan fingerprint density at radius 2 is 0.961 bits per heavy atom. The van der Waals surface area contributed by atoms with Crippen LogP contribution in [0.1, 0.15) is 5.56 Å². The number of hydrogen-bond donors (Lipinski definition) is 0. The molecule has 51 heavy (non-hydrogen) atoms. The van der Waals surface area contributed by atoms with Crippen LogP contribution in [0.25, 0.3) is 89.5 Å². The molecule has 0 unspecified atom stereocenters. The summed E-state index contributed by atoms with van der Waals surface area (Å²) in [5.74, 6) is 1.63. The Morgan fingerprint density at radius 1 is 0.392 bits per heavy atom. The lowest BCUT2D eigenvalue weighted by Crippen LogP contribution is -2.01. The maximum absolute atomic E-state index is 9.62. The summed E-state index contributed by atoms with van der Waals surface area (Å²) in [6, 6.07) is 59.2. The molecule has 2 aromatic heterocycles. The van der Waals surface area contributed by atoms with Gasteiger partial charge in [-0.25, -0.2) is 15.0 Å². The molecule has 0 aliphatic heterocycles. The average molecular weight is 653 g/mol.